The van der Waals surface area contributed by atoms with E-state index in [0.717, 1.165) is 17.9 Å². The van der Waals surface area contributed by atoms with Gasteiger partial charge in [0.05, 0.1) is 12.4 Å². The number of carbonyl (C=O) groups excluding carboxylic acids is 1. The van der Waals surface area contributed by atoms with Crippen molar-refractivity contribution in [3.8, 4) is 11.3 Å². The fraction of sp³-hybridized carbons (Fsp3) is 0.435. The lowest BCUT2D eigenvalue weighted by atomic mass is 9.97. The molecule has 0 bridgehead atoms. The van der Waals surface area contributed by atoms with E-state index in [2.05, 4.69) is 38.1 Å². The van der Waals surface area contributed by atoms with Crippen LogP contribution in [0.1, 0.15) is 41.6 Å². The second-order valence-corrected chi connectivity index (χ2v) is 9.48. The molecule has 3 heterocycles. The Bertz CT molecular complexity index is 1170. The first-order valence-electron chi connectivity index (χ1n) is 10.8. The molecular weight excluding hydrogens is 463 g/mol. The Labute approximate surface area is 187 Å². The van der Waals surface area contributed by atoms with Gasteiger partial charge in [0.25, 0.3) is 11.5 Å². The number of aromatic amines is 1. The third-order valence-corrected chi connectivity index (χ3v) is 7.07. The van der Waals surface area contributed by atoms with Crippen LogP contribution in [0.3, 0.4) is 0 Å². The predicted octanol–water partition coefficient (Wildman–Crippen LogP) is 4.23. The molecule has 1 amide bonds. The van der Waals surface area contributed by atoms with Crippen molar-refractivity contribution in [2.75, 3.05) is 19.8 Å². The molecule has 31 heavy (non-hydrogen) atoms. The van der Waals surface area contributed by atoms with E-state index in [0.29, 0.717) is 34.6 Å². The van der Waals surface area contributed by atoms with E-state index in [-0.39, 0.29) is 17.4 Å². The molecule has 2 fully saturated rings. The topological polar surface area (TPSA) is 70.5 Å². The molecule has 5 rings (SSSR count). The summed E-state index contributed by atoms with van der Waals surface area (Å²) < 4.78 is 14.3. The molecule has 0 spiro atoms. The Hall–Kier alpha value is -2.48. The zero-order valence-corrected chi connectivity index (χ0v) is 18.7. The summed E-state index contributed by atoms with van der Waals surface area (Å²) >= 11 is 3.32. The van der Waals surface area contributed by atoms with Crippen LogP contribution in [0.25, 0.3) is 16.9 Å². The average Bonchev–Trinajstić information content (AvgIpc) is 3.35. The predicted molar refractivity (Wildman–Crippen MR) is 120 cm³/mol. The van der Waals surface area contributed by atoms with Crippen LogP contribution in [-0.2, 0) is 6.42 Å². The number of fused-ring (bicyclic) bond motifs is 1. The van der Waals surface area contributed by atoms with Crippen molar-refractivity contribution in [1.82, 2.24) is 19.5 Å². The Kier molecular flexibility index (Phi) is 5.42. The molecule has 1 saturated heterocycles. The van der Waals surface area contributed by atoms with E-state index in [9.17, 15) is 14.0 Å². The van der Waals surface area contributed by atoms with Gasteiger partial charge in [-0.15, -0.1) is 0 Å². The standard InChI is InChI=1S/C23H24BrFN4O2/c24-21-20(23(31)28-12-16(11-25)13-28)22-26-18(10-19(30)29(22)27-21)17-7-5-15(6-8-17)9-14-3-1-2-4-14/h5-8,10,14,16,26H,1-4,9,11-13H2. The monoisotopic (exact) mass is 486 g/mol. The van der Waals surface area contributed by atoms with Gasteiger partial charge in [-0.3, -0.25) is 14.0 Å². The molecule has 0 radical (unpaired) electrons. The fourth-order valence-electron chi connectivity index (χ4n) is 4.72. The number of rotatable bonds is 5. The second-order valence-electron chi connectivity index (χ2n) is 8.73. The maximum Gasteiger partial charge on any atom is 0.274 e. The number of nitrogens with one attached hydrogen (secondary N) is 1. The van der Waals surface area contributed by atoms with Crippen molar-refractivity contribution in [3.63, 3.8) is 0 Å². The van der Waals surface area contributed by atoms with Crippen LogP contribution >= 0.6 is 15.9 Å². The van der Waals surface area contributed by atoms with Crippen LogP contribution in [-0.4, -0.2) is 45.2 Å². The van der Waals surface area contributed by atoms with Crippen molar-refractivity contribution in [2.45, 2.75) is 32.1 Å². The quantitative estimate of drug-likeness (QED) is 0.586. The van der Waals surface area contributed by atoms with Crippen molar-refractivity contribution < 1.29 is 9.18 Å². The largest absolute Gasteiger partial charge is 0.339 e. The number of benzene rings is 1. The SMILES string of the molecule is O=C(c1c(Br)nn2c(=O)cc(-c3ccc(CC4CCCC4)cc3)[nH]c12)N1CC(CF)C1. The van der Waals surface area contributed by atoms with E-state index >= 15 is 0 Å². The van der Waals surface area contributed by atoms with Gasteiger partial charge in [-0.2, -0.15) is 9.61 Å². The van der Waals surface area contributed by atoms with Gasteiger partial charge in [-0.1, -0.05) is 49.9 Å². The van der Waals surface area contributed by atoms with E-state index in [1.165, 1.54) is 41.8 Å². The average molecular weight is 487 g/mol. The first-order valence-corrected chi connectivity index (χ1v) is 11.6. The number of likely N-dealkylation sites (tertiary alicyclic amines) is 1. The van der Waals surface area contributed by atoms with Crippen LogP contribution < -0.4 is 5.56 Å². The van der Waals surface area contributed by atoms with E-state index in [4.69, 9.17) is 0 Å². The Morgan fingerprint density at radius 3 is 2.55 bits per heavy atom. The summed E-state index contributed by atoms with van der Waals surface area (Å²) in [6.07, 6.45) is 6.37. The molecule has 1 aliphatic heterocycles. The highest BCUT2D eigenvalue weighted by molar-refractivity contribution is 9.10. The summed E-state index contributed by atoms with van der Waals surface area (Å²) in [6, 6.07) is 9.76. The second kappa shape index (κ2) is 8.22. The van der Waals surface area contributed by atoms with Crippen LogP contribution in [0.15, 0.2) is 39.7 Å². The highest BCUT2D eigenvalue weighted by Gasteiger charge is 2.34. The number of halogens is 2. The molecule has 0 atom stereocenters. The van der Waals surface area contributed by atoms with Gasteiger partial charge >= 0.3 is 0 Å². The third kappa shape index (κ3) is 3.82. The summed E-state index contributed by atoms with van der Waals surface area (Å²) in [7, 11) is 0. The molecule has 1 aliphatic carbocycles. The number of amides is 1. The van der Waals surface area contributed by atoms with Gasteiger partial charge in [-0.05, 0) is 39.4 Å². The zero-order valence-electron chi connectivity index (χ0n) is 17.1. The van der Waals surface area contributed by atoms with Gasteiger partial charge in [0.2, 0.25) is 0 Å². The summed E-state index contributed by atoms with van der Waals surface area (Å²) in [6.45, 7) is 0.328. The van der Waals surface area contributed by atoms with Crippen LogP contribution in [0.4, 0.5) is 4.39 Å². The first-order chi connectivity index (χ1) is 15.0. The molecule has 1 saturated carbocycles. The van der Waals surface area contributed by atoms with Gasteiger partial charge in [0.1, 0.15) is 10.2 Å². The summed E-state index contributed by atoms with van der Waals surface area (Å²) in [5.41, 5.74) is 3.15. The van der Waals surface area contributed by atoms with E-state index in [1.54, 1.807) is 4.90 Å². The summed E-state index contributed by atoms with van der Waals surface area (Å²) in [4.78, 5) is 30.4. The van der Waals surface area contributed by atoms with Crippen molar-refractivity contribution in [1.29, 1.82) is 0 Å². The molecule has 0 unspecified atom stereocenters. The van der Waals surface area contributed by atoms with Crippen LogP contribution in [0.2, 0.25) is 0 Å². The lowest BCUT2D eigenvalue weighted by molar-refractivity contribution is 0.0453. The lowest BCUT2D eigenvalue weighted by Gasteiger charge is -2.37. The zero-order chi connectivity index (χ0) is 21.5. The van der Waals surface area contributed by atoms with Crippen molar-refractivity contribution >= 4 is 27.5 Å². The highest BCUT2D eigenvalue weighted by atomic mass is 79.9. The first kappa shape index (κ1) is 20.4. The molecular formula is C23H24BrFN4O2. The molecule has 2 aliphatic rings. The molecule has 162 valence electrons. The van der Waals surface area contributed by atoms with Gasteiger partial charge in [0.15, 0.2) is 5.65 Å². The maximum absolute atomic E-state index is 13.0. The fourth-order valence-corrected chi connectivity index (χ4v) is 5.24. The molecule has 2 aromatic heterocycles. The number of aromatic nitrogens is 3. The summed E-state index contributed by atoms with van der Waals surface area (Å²) in [5, 5.41) is 4.19. The number of carbonyl (C=O) groups is 1. The van der Waals surface area contributed by atoms with Crippen molar-refractivity contribution in [3.05, 3.63) is 56.4 Å². The van der Waals surface area contributed by atoms with E-state index < -0.39 is 6.67 Å². The molecule has 6 nitrogen and oxygen atoms in total. The maximum atomic E-state index is 13.0. The molecule has 1 N–H and O–H groups in total. The minimum absolute atomic E-state index is 0.109. The molecule has 8 heteroatoms. The summed E-state index contributed by atoms with van der Waals surface area (Å²) in [5.74, 6) is 0.409. The highest BCUT2D eigenvalue weighted by Crippen LogP contribution is 2.29. The molecule has 1 aromatic carbocycles. The normalized spacial score (nSPS) is 17.4. The lowest BCUT2D eigenvalue weighted by Crippen LogP contribution is -2.50. The Morgan fingerprint density at radius 1 is 1.16 bits per heavy atom. The van der Waals surface area contributed by atoms with Crippen molar-refractivity contribution in [2.24, 2.45) is 11.8 Å². The smallest absolute Gasteiger partial charge is 0.274 e. The van der Waals surface area contributed by atoms with Crippen LogP contribution in [0.5, 0.6) is 0 Å². The molecule has 3 aromatic rings. The van der Waals surface area contributed by atoms with Gasteiger partial charge in [0, 0.05) is 25.1 Å². The Balaban J connectivity index is 1.46. The number of hydrogen-bond donors (Lipinski definition) is 1. The van der Waals surface area contributed by atoms with Gasteiger partial charge < -0.3 is 9.88 Å². The third-order valence-electron chi connectivity index (χ3n) is 6.51. The number of hydrogen-bond acceptors (Lipinski definition) is 3. The van der Waals surface area contributed by atoms with E-state index in [1.807, 2.05) is 12.1 Å². The van der Waals surface area contributed by atoms with Gasteiger partial charge in [-0.25, -0.2) is 0 Å². The number of H-pyrrole nitrogens is 1. The number of alkyl halides is 1. The minimum Gasteiger partial charge on any atom is -0.339 e. The number of nitrogens with zero attached hydrogens (tertiary/aromatic N) is 3. The minimum atomic E-state index is -0.433. The Morgan fingerprint density at radius 2 is 1.87 bits per heavy atom. The van der Waals surface area contributed by atoms with Crippen LogP contribution in [0, 0.1) is 11.8 Å².